The van der Waals surface area contributed by atoms with Crippen LogP contribution in [0.5, 0.6) is 0 Å². The van der Waals surface area contributed by atoms with E-state index < -0.39 is 0 Å². The van der Waals surface area contributed by atoms with Gasteiger partial charge in [0.15, 0.2) is 5.96 Å². The van der Waals surface area contributed by atoms with Crippen molar-refractivity contribution in [3.63, 3.8) is 0 Å². The number of nitrogens with one attached hydrogen (secondary N) is 2. The van der Waals surface area contributed by atoms with E-state index >= 15 is 0 Å². The van der Waals surface area contributed by atoms with Crippen LogP contribution >= 0.6 is 12.4 Å². The van der Waals surface area contributed by atoms with Crippen molar-refractivity contribution in [1.82, 2.24) is 5.32 Å². The van der Waals surface area contributed by atoms with Crippen LogP contribution in [0.25, 0.3) is 0 Å². The number of nitrogens with zero attached hydrogens (tertiary/aromatic N) is 1. The van der Waals surface area contributed by atoms with Crippen LogP contribution < -0.4 is 10.6 Å². The lowest BCUT2D eigenvalue weighted by molar-refractivity contribution is 0.959. The first kappa shape index (κ1) is 9.86. The summed E-state index contributed by atoms with van der Waals surface area (Å²) in [5.41, 5.74) is 1.07. The fourth-order valence-corrected chi connectivity index (χ4v) is 1.14. The van der Waals surface area contributed by atoms with E-state index in [-0.39, 0.29) is 12.4 Å². The molecule has 1 aliphatic rings. The first-order valence-electron chi connectivity index (χ1n) is 4.05. The smallest absolute Gasteiger partial charge is 0.195 e. The molecule has 0 amide bonds. The molecule has 1 heterocycles. The number of para-hydroxylation sites is 1. The van der Waals surface area contributed by atoms with Crippen LogP contribution in [-0.4, -0.2) is 19.0 Å². The summed E-state index contributed by atoms with van der Waals surface area (Å²) >= 11 is 0. The molecule has 1 aromatic rings. The molecule has 1 aliphatic heterocycles. The highest BCUT2D eigenvalue weighted by Gasteiger charge is 2.02. The van der Waals surface area contributed by atoms with Gasteiger partial charge >= 0.3 is 0 Å². The molecule has 0 saturated heterocycles. The number of benzene rings is 1. The standard InChI is InChI=1S/C9H11N3.ClH/c1-2-4-8(5-3-1)12-9-10-6-7-11-9;/h1-5H,6-7H2,(H2,10,11,12);1H. The molecule has 1 aromatic carbocycles. The zero-order valence-corrected chi connectivity index (χ0v) is 7.97. The average molecular weight is 198 g/mol. The molecule has 0 aromatic heterocycles. The molecule has 0 saturated carbocycles. The lowest BCUT2D eigenvalue weighted by Gasteiger charge is -2.04. The molecule has 70 valence electrons. The van der Waals surface area contributed by atoms with Gasteiger partial charge in [0, 0.05) is 12.2 Å². The van der Waals surface area contributed by atoms with E-state index in [0.29, 0.717) is 0 Å². The van der Waals surface area contributed by atoms with Gasteiger partial charge in [-0.3, -0.25) is 4.99 Å². The zero-order chi connectivity index (χ0) is 8.23. The van der Waals surface area contributed by atoms with Crippen LogP contribution in [0.1, 0.15) is 0 Å². The predicted octanol–water partition coefficient (Wildman–Crippen LogP) is 1.48. The van der Waals surface area contributed by atoms with E-state index in [1.807, 2.05) is 30.3 Å². The van der Waals surface area contributed by atoms with Crippen molar-refractivity contribution >= 4 is 24.1 Å². The quantitative estimate of drug-likeness (QED) is 0.716. The summed E-state index contributed by atoms with van der Waals surface area (Å²) in [4.78, 5) is 4.23. The number of anilines is 1. The SMILES string of the molecule is Cl.c1ccc(NC2=NCCN2)cc1. The monoisotopic (exact) mass is 197 g/mol. The predicted molar refractivity (Wildman–Crippen MR) is 57.6 cm³/mol. The Morgan fingerprint density at radius 3 is 2.62 bits per heavy atom. The van der Waals surface area contributed by atoms with Gasteiger partial charge in [-0.05, 0) is 12.1 Å². The van der Waals surface area contributed by atoms with E-state index in [0.717, 1.165) is 24.7 Å². The van der Waals surface area contributed by atoms with Gasteiger partial charge in [0.2, 0.25) is 0 Å². The van der Waals surface area contributed by atoms with Crippen molar-refractivity contribution in [2.24, 2.45) is 4.99 Å². The summed E-state index contributed by atoms with van der Waals surface area (Å²) in [6, 6.07) is 10.0. The summed E-state index contributed by atoms with van der Waals surface area (Å²) in [5.74, 6) is 0.876. The number of hydrogen-bond donors (Lipinski definition) is 2. The molecule has 0 bridgehead atoms. The third kappa shape index (κ3) is 2.63. The molecule has 13 heavy (non-hydrogen) atoms. The van der Waals surface area contributed by atoms with Gasteiger partial charge in [-0.1, -0.05) is 18.2 Å². The van der Waals surface area contributed by atoms with Gasteiger partial charge < -0.3 is 10.6 Å². The maximum atomic E-state index is 4.23. The number of halogens is 1. The molecule has 3 nitrogen and oxygen atoms in total. The van der Waals surface area contributed by atoms with Crippen molar-refractivity contribution in [1.29, 1.82) is 0 Å². The van der Waals surface area contributed by atoms with E-state index in [1.54, 1.807) is 0 Å². The first-order chi connectivity index (χ1) is 5.95. The number of rotatable bonds is 1. The Morgan fingerprint density at radius 1 is 1.23 bits per heavy atom. The minimum Gasteiger partial charge on any atom is -0.354 e. The van der Waals surface area contributed by atoms with Gasteiger partial charge in [-0.15, -0.1) is 12.4 Å². The van der Waals surface area contributed by atoms with E-state index in [4.69, 9.17) is 0 Å². The molecule has 0 spiro atoms. The third-order valence-corrected chi connectivity index (χ3v) is 1.71. The van der Waals surface area contributed by atoms with Crippen molar-refractivity contribution in [2.75, 3.05) is 18.4 Å². The Labute approximate surface area is 83.7 Å². The summed E-state index contributed by atoms with van der Waals surface area (Å²) in [6.45, 7) is 1.81. The molecule has 0 radical (unpaired) electrons. The minimum atomic E-state index is 0. The molecule has 0 atom stereocenters. The lowest BCUT2D eigenvalue weighted by atomic mass is 10.3. The van der Waals surface area contributed by atoms with Gasteiger partial charge in [0.25, 0.3) is 0 Å². The van der Waals surface area contributed by atoms with Crippen molar-refractivity contribution in [3.05, 3.63) is 30.3 Å². The molecule has 0 fully saturated rings. The summed E-state index contributed by atoms with van der Waals surface area (Å²) in [5, 5.41) is 6.32. The second kappa shape index (κ2) is 4.72. The third-order valence-electron chi connectivity index (χ3n) is 1.71. The maximum Gasteiger partial charge on any atom is 0.195 e. The molecule has 4 heteroatoms. The zero-order valence-electron chi connectivity index (χ0n) is 7.16. The molecule has 0 unspecified atom stereocenters. The van der Waals surface area contributed by atoms with Crippen LogP contribution in [-0.2, 0) is 0 Å². The highest BCUT2D eigenvalue weighted by molar-refractivity contribution is 5.94. The van der Waals surface area contributed by atoms with Gasteiger partial charge in [-0.2, -0.15) is 0 Å². The van der Waals surface area contributed by atoms with Crippen molar-refractivity contribution in [2.45, 2.75) is 0 Å². The number of aliphatic imine (C=N–C) groups is 1. The fraction of sp³-hybridized carbons (Fsp3) is 0.222. The maximum absolute atomic E-state index is 4.23. The minimum absolute atomic E-state index is 0. The normalized spacial score (nSPS) is 14.0. The molecule has 0 aliphatic carbocycles. The number of hydrogen-bond acceptors (Lipinski definition) is 3. The molecular formula is C9H12ClN3. The molecular weight excluding hydrogens is 186 g/mol. The van der Waals surface area contributed by atoms with Gasteiger partial charge in [-0.25, -0.2) is 0 Å². The first-order valence-corrected chi connectivity index (χ1v) is 4.05. The van der Waals surface area contributed by atoms with Gasteiger partial charge in [0.05, 0.1) is 6.54 Å². The number of guanidine groups is 1. The fourth-order valence-electron chi connectivity index (χ4n) is 1.14. The van der Waals surface area contributed by atoms with Crippen LogP contribution in [0.2, 0.25) is 0 Å². The van der Waals surface area contributed by atoms with Gasteiger partial charge in [0.1, 0.15) is 0 Å². The highest BCUT2D eigenvalue weighted by atomic mass is 35.5. The summed E-state index contributed by atoms with van der Waals surface area (Å²) in [7, 11) is 0. The Balaban J connectivity index is 0.000000845. The van der Waals surface area contributed by atoms with Crippen molar-refractivity contribution in [3.8, 4) is 0 Å². The lowest BCUT2D eigenvalue weighted by Crippen LogP contribution is -2.26. The Hall–Kier alpha value is -1.22. The Morgan fingerprint density at radius 2 is 2.00 bits per heavy atom. The van der Waals surface area contributed by atoms with E-state index in [1.165, 1.54) is 0 Å². The van der Waals surface area contributed by atoms with Crippen LogP contribution in [0.4, 0.5) is 5.69 Å². The van der Waals surface area contributed by atoms with Crippen LogP contribution in [0, 0.1) is 0 Å². The van der Waals surface area contributed by atoms with E-state index in [2.05, 4.69) is 15.6 Å². The van der Waals surface area contributed by atoms with E-state index in [9.17, 15) is 0 Å². The Bertz CT molecular complexity index is 284. The van der Waals surface area contributed by atoms with Crippen molar-refractivity contribution < 1.29 is 0 Å². The molecule has 2 N–H and O–H groups in total. The highest BCUT2D eigenvalue weighted by Crippen LogP contribution is 2.04. The Kier molecular flexibility index (Phi) is 3.58. The van der Waals surface area contributed by atoms with Crippen LogP contribution in [0.3, 0.4) is 0 Å². The van der Waals surface area contributed by atoms with Crippen LogP contribution in [0.15, 0.2) is 35.3 Å². The summed E-state index contributed by atoms with van der Waals surface area (Å²) in [6.07, 6.45) is 0. The largest absolute Gasteiger partial charge is 0.354 e. The summed E-state index contributed by atoms with van der Waals surface area (Å²) < 4.78 is 0. The molecule has 2 rings (SSSR count). The second-order valence-electron chi connectivity index (χ2n) is 2.65. The topological polar surface area (TPSA) is 36.4 Å². The second-order valence-corrected chi connectivity index (χ2v) is 2.65. The average Bonchev–Trinajstić information content (AvgIpc) is 2.59.